The van der Waals surface area contributed by atoms with Crippen molar-refractivity contribution in [3.63, 3.8) is 0 Å². The number of ketones is 1. The summed E-state index contributed by atoms with van der Waals surface area (Å²) in [5.74, 6) is -0.776. The second kappa shape index (κ2) is 11.2. The molecule has 0 radical (unpaired) electrons. The summed E-state index contributed by atoms with van der Waals surface area (Å²) >= 11 is 0. The molecule has 1 atom stereocenters. The number of carbonyl (C=O) groups is 1. The summed E-state index contributed by atoms with van der Waals surface area (Å²) in [6.07, 6.45) is 4.29. The molecular formula is C27H36N3NaO6S2. The van der Waals surface area contributed by atoms with Crippen molar-refractivity contribution in [2.75, 3.05) is 16.3 Å². The number of amidine groups is 1. The van der Waals surface area contributed by atoms with Crippen molar-refractivity contribution in [3.05, 3.63) is 59.2 Å². The number of Topliss-reactive ketones (excluding diaryl/α,β-unsaturated/α-hetero) is 1. The van der Waals surface area contributed by atoms with Crippen LogP contribution in [0.1, 0.15) is 64.5 Å². The molecule has 2 aromatic carbocycles. The molecular weight excluding hydrogens is 549 g/mol. The Labute approximate surface area is 254 Å². The van der Waals surface area contributed by atoms with E-state index in [0.29, 0.717) is 12.0 Å². The van der Waals surface area contributed by atoms with Gasteiger partial charge in [0.15, 0.2) is 11.6 Å². The van der Waals surface area contributed by atoms with E-state index in [1.165, 1.54) is 18.2 Å². The van der Waals surface area contributed by atoms with Crippen molar-refractivity contribution in [1.29, 1.82) is 0 Å². The molecule has 0 spiro atoms. The van der Waals surface area contributed by atoms with E-state index < -0.39 is 26.2 Å². The van der Waals surface area contributed by atoms with E-state index >= 15 is 0 Å². The van der Waals surface area contributed by atoms with E-state index in [2.05, 4.69) is 35.2 Å². The van der Waals surface area contributed by atoms with Gasteiger partial charge < -0.3 is 10.4 Å². The first-order chi connectivity index (χ1) is 17.5. The van der Waals surface area contributed by atoms with Gasteiger partial charge in [-0.25, -0.2) is 8.42 Å². The second-order valence-electron chi connectivity index (χ2n) is 11.4. The first-order valence-corrected chi connectivity index (χ1v) is 15.8. The van der Waals surface area contributed by atoms with Gasteiger partial charge >= 0.3 is 29.6 Å². The number of anilines is 2. The summed E-state index contributed by atoms with van der Waals surface area (Å²) in [6.45, 7) is 8.39. The van der Waals surface area contributed by atoms with Crippen LogP contribution in [0.25, 0.3) is 5.76 Å². The fourth-order valence-electron chi connectivity index (χ4n) is 4.98. The number of hydrogen-bond acceptors (Lipinski definition) is 8. The fraction of sp³-hybridized carbons (Fsp3) is 0.407. The molecule has 0 bridgehead atoms. The van der Waals surface area contributed by atoms with Crippen LogP contribution in [0.5, 0.6) is 0 Å². The SMILES string of the molecule is CC(C)(C)CCCCC1(C)C(=O)C(C2=NS(O)(O)c3cc(NS(C)(=O)=O)ccc3N2)=C(O)c2ccccc21.[NaH]. The molecule has 5 N–H and O–H groups in total. The van der Waals surface area contributed by atoms with Gasteiger partial charge in [0, 0.05) is 5.56 Å². The zero-order valence-corrected chi connectivity index (χ0v) is 23.8. The van der Waals surface area contributed by atoms with Gasteiger partial charge in [0.2, 0.25) is 10.0 Å². The molecule has 1 aliphatic heterocycles. The molecule has 1 heterocycles. The third-order valence-corrected chi connectivity index (χ3v) is 8.86. The molecule has 4 rings (SSSR count). The van der Waals surface area contributed by atoms with Crippen LogP contribution in [0, 0.1) is 5.41 Å². The third kappa shape index (κ3) is 6.73. The van der Waals surface area contributed by atoms with E-state index in [1.807, 2.05) is 19.1 Å². The Morgan fingerprint density at radius 3 is 2.41 bits per heavy atom. The van der Waals surface area contributed by atoms with Gasteiger partial charge in [-0.2, -0.15) is 0 Å². The number of aliphatic hydroxyl groups excluding tert-OH is 1. The molecule has 12 heteroatoms. The Morgan fingerprint density at radius 2 is 1.77 bits per heavy atom. The van der Waals surface area contributed by atoms with E-state index in [0.717, 1.165) is 31.1 Å². The second-order valence-corrected chi connectivity index (χ2v) is 14.8. The Hall–Kier alpha value is -1.86. The van der Waals surface area contributed by atoms with Gasteiger partial charge in [0.1, 0.15) is 16.2 Å². The van der Waals surface area contributed by atoms with E-state index in [9.17, 15) is 27.4 Å². The van der Waals surface area contributed by atoms with E-state index in [1.54, 1.807) is 12.1 Å². The first kappa shape index (κ1) is 31.7. The van der Waals surface area contributed by atoms with Gasteiger partial charge in [-0.3, -0.25) is 18.6 Å². The van der Waals surface area contributed by atoms with Crippen LogP contribution >= 0.6 is 10.8 Å². The molecule has 1 unspecified atom stereocenters. The van der Waals surface area contributed by atoms with Crippen LogP contribution in [0.3, 0.4) is 0 Å². The molecule has 39 heavy (non-hydrogen) atoms. The molecule has 2 aliphatic rings. The predicted molar refractivity (Wildman–Crippen MR) is 161 cm³/mol. The Bertz CT molecular complexity index is 1460. The summed E-state index contributed by atoms with van der Waals surface area (Å²) in [6, 6.07) is 11.4. The van der Waals surface area contributed by atoms with E-state index in [4.69, 9.17) is 0 Å². The number of fused-ring (bicyclic) bond motifs is 2. The number of sulfonamides is 1. The van der Waals surface area contributed by atoms with Crippen molar-refractivity contribution in [2.24, 2.45) is 9.81 Å². The molecule has 0 fully saturated rings. The standard InChI is InChI=1S/C27H35N3O6S2.Na.H/c1-26(2,3)14-8-9-15-27(4)19-11-7-6-10-18(19)23(31)22(24(27)32)25-28-20-13-12-17(29-37(5,33)34)16-21(20)38(35,36)30-25;;/h6-7,10-13,16,29,31,35-36H,8-9,14-15H2,1-5H3,(H,28,30);;. The van der Waals surface area contributed by atoms with Gasteiger partial charge in [-0.1, -0.05) is 68.7 Å². The molecule has 2 aromatic rings. The monoisotopic (exact) mass is 585 g/mol. The molecule has 0 saturated carbocycles. The summed E-state index contributed by atoms with van der Waals surface area (Å²) in [5.41, 5.74) is 0.727. The summed E-state index contributed by atoms with van der Waals surface area (Å²) in [7, 11) is -7.41. The van der Waals surface area contributed by atoms with Crippen LogP contribution in [0.4, 0.5) is 11.4 Å². The summed E-state index contributed by atoms with van der Waals surface area (Å²) in [5, 5.41) is 14.2. The Kier molecular flexibility index (Phi) is 9.09. The Morgan fingerprint density at radius 1 is 1.10 bits per heavy atom. The first-order valence-electron chi connectivity index (χ1n) is 12.4. The normalized spacial score (nSPS) is 21.1. The summed E-state index contributed by atoms with van der Waals surface area (Å²) < 4.78 is 51.4. The molecule has 208 valence electrons. The van der Waals surface area contributed by atoms with Crippen LogP contribution in [0.15, 0.2) is 57.3 Å². The molecule has 1 aliphatic carbocycles. The van der Waals surface area contributed by atoms with Gasteiger partial charge in [0.05, 0.1) is 23.0 Å². The van der Waals surface area contributed by atoms with Crippen molar-refractivity contribution in [3.8, 4) is 0 Å². The number of hydrogen-bond donors (Lipinski definition) is 5. The number of benzene rings is 2. The quantitative estimate of drug-likeness (QED) is 0.208. The van der Waals surface area contributed by atoms with Crippen molar-refractivity contribution >= 4 is 79.1 Å². The van der Waals surface area contributed by atoms with E-state index in [-0.39, 0.29) is 74.2 Å². The van der Waals surface area contributed by atoms with Crippen LogP contribution < -0.4 is 10.0 Å². The number of nitrogens with zero attached hydrogens (tertiary/aromatic N) is 1. The predicted octanol–water partition coefficient (Wildman–Crippen LogP) is 5.67. The number of carbonyl (C=O) groups excluding carboxylic acids is 1. The fourth-order valence-corrected chi connectivity index (χ4v) is 6.72. The minimum atomic E-state index is -3.82. The minimum absolute atomic E-state index is 0. The zero-order chi connectivity index (χ0) is 28.1. The van der Waals surface area contributed by atoms with Gasteiger partial charge in [-0.15, -0.1) is 4.40 Å². The Balaban J connectivity index is 0.00000420. The van der Waals surface area contributed by atoms with Crippen molar-refractivity contribution in [2.45, 2.75) is 63.7 Å². The molecule has 0 aromatic heterocycles. The maximum atomic E-state index is 14.1. The zero-order valence-electron chi connectivity index (χ0n) is 22.2. The number of rotatable bonds is 7. The van der Waals surface area contributed by atoms with Crippen molar-refractivity contribution < 1.29 is 27.4 Å². The number of nitrogens with one attached hydrogen (secondary N) is 2. The number of unbranched alkanes of at least 4 members (excludes halogenated alkanes) is 1. The van der Waals surface area contributed by atoms with Crippen LogP contribution in [0.2, 0.25) is 0 Å². The van der Waals surface area contributed by atoms with Gasteiger partial charge in [-0.05, 0) is 48.9 Å². The average Bonchev–Trinajstić information content (AvgIpc) is 2.79. The summed E-state index contributed by atoms with van der Waals surface area (Å²) in [4.78, 5) is 14.1. The van der Waals surface area contributed by atoms with Crippen LogP contribution in [-0.2, 0) is 20.2 Å². The topological polar surface area (TPSA) is 148 Å². The van der Waals surface area contributed by atoms with Crippen LogP contribution in [-0.4, -0.2) is 70.1 Å². The average molecular weight is 586 g/mol. The third-order valence-electron chi connectivity index (χ3n) is 6.88. The van der Waals surface area contributed by atoms with Crippen molar-refractivity contribution in [1.82, 2.24) is 0 Å². The molecule has 0 amide bonds. The number of aliphatic hydroxyl groups is 1. The molecule has 9 nitrogen and oxygen atoms in total. The maximum absolute atomic E-state index is 14.1. The van der Waals surface area contributed by atoms with Gasteiger partial charge in [0.25, 0.3) is 0 Å². The molecule has 0 saturated heterocycles.